The summed E-state index contributed by atoms with van der Waals surface area (Å²) in [5.74, 6) is 0.405. The van der Waals surface area contributed by atoms with E-state index >= 15 is 0 Å². The summed E-state index contributed by atoms with van der Waals surface area (Å²) in [7, 11) is 0. The molecule has 1 aliphatic carbocycles. The summed E-state index contributed by atoms with van der Waals surface area (Å²) in [5.41, 5.74) is 1.87. The van der Waals surface area contributed by atoms with E-state index in [1.165, 1.54) is 11.1 Å². The molecule has 2 heterocycles. The minimum absolute atomic E-state index is 0.217. The van der Waals surface area contributed by atoms with Crippen molar-refractivity contribution in [2.45, 2.75) is 26.2 Å². The molecule has 0 spiro atoms. The Bertz CT molecular complexity index is 1130. The van der Waals surface area contributed by atoms with Crippen molar-refractivity contribution in [1.29, 1.82) is 5.26 Å². The molecule has 26 heavy (non-hydrogen) atoms. The molecule has 4 rings (SSSR count). The smallest absolute Gasteiger partial charge is 0.258 e. The molecule has 1 unspecified atom stereocenters. The Morgan fingerprint density at radius 1 is 1.38 bits per heavy atom. The molecule has 2 aromatic heterocycles. The van der Waals surface area contributed by atoms with Crippen LogP contribution in [0.15, 0.2) is 34.1 Å². The van der Waals surface area contributed by atoms with E-state index in [2.05, 4.69) is 23.0 Å². The lowest BCUT2D eigenvalue weighted by atomic mass is 9.89. The average molecular weight is 363 g/mol. The fourth-order valence-corrected chi connectivity index (χ4v) is 4.79. The van der Waals surface area contributed by atoms with Crippen LogP contribution in [-0.2, 0) is 12.8 Å². The van der Waals surface area contributed by atoms with E-state index in [0.29, 0.717) is 32.8 Å². The van der Waals surface area contributed by atoms with Crippen LogP contribution in [0.25, 0.3) is 10.8 Å². The Hall–Kier alpha value is -2.91. The highest BCUT2D eigenvalue weighted by molar-refractivity contribution is 7.16. The van der Waals surface area contributed by atoms with Crippen molar-refractivity contribution < 1.29 is 5.11 Å². The third-order valence-electron chi connectivity index (χ3n) is 4.86. The molecule has 3 aromatic rings. The molecule has 0 saturated heterocycles. The number of rotatable bonds is 2. The van der Waals surface area contributed by atoms with Crippen LogP contribution in [-0.4, -0.2) is 16.3 Å². The number of H-pyrrole nitrogens is 1. The van der Waals surface area contributed by atoms with Gasteiger partial charge in [-0.3, -0.25) is 9.78 Å². The van der Waals surface area contributed by atoms with Gasteiger partial charge in [0, 0.05) is 21.9 Å². The molecule has 1 atom stereocenters. The summed E-state index contributed by atoms with van der Waals surface area (Å²) < 4.78 is 0. The predicted molar refractivity (Wildman–Crippen MR) is 104 cm³/mol. The quantitative estimate of drug-likeness (QED) is 0.673. The lowest BCUT2D eigenvalue weighted by Crippen LogP contribution is -2.09. The summed E-state index contributed by atoms with van der Waals surface area (Å²) >= 11 is 1.55. The second-order valence-electron chi connectivity index (χ2n) is 6.66. The maximum absolute atomic E-state index is 12.0. The zero-order valence-electron chi connectivity index (χ0n) is 14.2. The van der Waals surface area contributed by atoms with E-state index in [9.17, 15) is 15.2 Å². The Labute approximate surface area is 154 Å². The largest absolute Gasteiger partial charge is 0.494 e. The SMILES string of the molecule is CC1CCc2c(sc(/N=C/c3c(O)[nH]c(=O)c4ccccc34)c2C#N)C1. The van der Waals surface area contributed by atoms with Crippen LogP contribution in [0.5, 0.6) is 5.88 Å². The number of hydrogen-bond donors (Lipinski definition) is 2. The van der Waals surface area contributed by atoms with Crippen LogP contribution in [0, 0.1) is 17.2 Å². The van der Waals surface area contributed by atoms with Crippen LogP contribution in [0.1, 0.15) is 34.9 Å². The Morgan fingerprint density at radius 2 is 2.15 bits per heavy atom. The van der Waals surface area contributed by atoms with Gasteiger partial charge in [-0.25, -0.2) is 4.99 Å². The summed E-state index contributed by atoms with van der Waals surface area (Å²) in [5, 5.41) is 21.5. The fourth-order valence-electron chi connectivity index (χ4n) is 3.48. The maximum atomic E-state index is 12.0. The minimum Gasteiger partial charge on any atom is -0.494 e. The highest BCUT2D eigenvalue weighted by Crippen LogP contribution is 2.40. The van der Waals surface area contributed by atoms with Crippen LogP contribution in [0.3, 0.4) is 0 Å². The molecule has 0 aliphatic heterocycles. The molecule has 0 bridgehead atoms. The van der Waals surface area contributed by atoms with Crippen molar-refractivity contribution in [3.8, 4) is 11.9 Å². The van der Waals surface area contributed by atoms with Gasteiger partial charge in [0.25, 0.3) is 5.56 Å². The van der Waals surface area contributed by atoms with Crippen molar-refractivity contribution in [3.05, 3.63) is 56.2 Å². The zero-order chi connectivity index (χ0) is 18.3. The first-order chi connectivity index (χ1) is 12.6. The van der Waals surface area contributed by atoms with Gasteiger partial charge in [0.05, 0.1) is 11.1 Å². The molecular weight excluding hydrogens is 346 g/mol. The number of aromatic hydroxyl groups is 1. The van der Waals surface area contributed by atoms with Gasteiger partial charge in [-0.05, 0) is 36.8 Å². The van der Waals surface area contributed by atoms with Crippen molar-refractivity contribution in [1.82, 2.24) is 4.98 Å². The maximum Gasteiger partial charge on any atom is 0.258 e. The number of aromatic nitrogens is 1. The molecule has 0 saturated carbocycles. The van der Waals surface area contributed by atoms with E-state index in [4.69, 9.17) is 0 Å². The van der Waals surface area contributed by atoms with Crippen LogP contribution < -0.4 is 5.56 Å². The lowest BCUT2D eigenvalue weighted by Gasteiger charge is -2.17. The van der Waals surface area contributed by atoms with Gasteiger partial charge in [0.2, 0.25) is 5.88 Å². The molecule has 1 aliphatic rings. The van der Waals surface area contributed by atoms with Gasteiger partial charge in [0.15, 0.2) is 0 Å². The number of thiophene rings is 1. The van der Waals surface area contributed by atoms with E-state index in [1.54, 1.807) is 29.5 Å². The van der Waals surface area contributed by atoms with E-state index in [1.807, 2.05) is 6.07 Å². The van der Waals surface area contributed by atoms with Crippen molar-refractivity contribution in [3.63, 3.8) is 0 Å². The fraction of sp³-hybridized carbons (Fsp3) is 0.250. The highest BCUT2D eigenvalue weighted by Gasteiger charge is 2.23. The van der Waals surface area contributed by atoms with Crippen molar-refractivity contribution >= 4 is 33.3 Å². The average Bonchev–Trinajstić information content (AvgIpc) is 2.98. The number of nitrogens with zero attached hydrogens (tertiary/aromatic N) is 2. The van der Waals surface area contributed by atoms with Crippen molar-refractivity contribution in [2.75, 3.05) is 0 Å². The summed E-state index contributed by atoms with van der Waals surface area (Å²) in [6.07, 6.45) is 4.53. The molecule has 2 N–H and O–H groups in total. The summed E-state index contributed by atoms with van der Waals surface area (Å²) in [6, 6.07) is 9.36. The van der Waals surface area contributed by atoms with Gasteiger partial charge < -0.3 is 5.11 Å². The second kappa shape index (κ2) is 6.43. The number of benzene rings is 1. The number of aromatic amines is 1. The molecule has 0 fully saturated rings. The molecule has 0 radical (unpaired) electrons. The van der Waals surface area contributed by atoms with E-state index in [0.717, 1.165) is 24.8 Å². The topological polar surface area (TPSA) is 89.2 Å². The number of nitrogens with one attached hydrogen (secondary N) is 1. The first-order valence-corrected chi connectivity index (χ1v) is 9.32. The van der Waals surface area contributed by atoms with Gasteiger partial charge >= 0.3 is 0 Å². The molecule has 1 aromatic carbocycles. The summed E-state index contributed by atoms with van der Waals surface area (Å²) in [6.45, 7) is 2.22. The molecule has 5 nitrogen and oxygen atoms in total. The van der Waals surface area contributed by atoms with E-state index < -0.39 is 0 Å². The van der Waals surface area contributed by atoms with Crippen LogP contribution in [0.4, 0.5) is 5.00 Å². The second-order valence-corrected chi connectivity index (χ2v) is 7.75. The molecule has 6 heteroatoms. The normalized spacial score (nSPS) is 16.7. The first kappa shape index (κ1) is 16.6. The Morgan fingerprint density at radius 3 is 2.92 bits per heavy atom. The Kier molecular flexibility index (Phi) is 4.09. The third-order valence-corrected chi connectivity index (χ3v) is 6.03. The van der Waals surface area contributed by atoms with Gasteiger partial charge in [-0.15, -0.1) is 11.3 Å². The van der Waals surface area contributed by atoms with Gasteiger partial charge in [0.1, 0.15) is 11.1 Å². The third kappa shape index (κ3) is 2.71. The van der Waals surface area contributed by atoms with E-state index in [-0.39, 0.29) is 11.4 Å². The van der Waals surface area contributed by atoms with Crippen LogP contribution in [0.2, 0.25) is 0 Å². The predicted octanol–water partition coefficient (Wildman–Crippen LogP) is 4.04. The highest BCUT2D eigenvalue weighted by atomic mass is 32.1. The number of pyridine rings is 1. The lowest BCUT2D eigenvalue weighted by molar-refractivity contribution is 0.452. The molecular formula is C20H17N3O2S. The molecule has 130 valence electrons. The minimum atomic E-state index is -0.339. The summed E-state index contributed by atoms with van der Waals surface area (Å²) in [4.78, 5) is 20.2. The monoisotopic (exact) mass is 363 g/mol. The standard InChI is InChI=1S/C20H17N3O2S/c1-11-6-7-13-15(9-21)20(26-17(13)8-11)22-10-16-12-4-2-3-5-14(12)18(24)23-19(16)25/h2-5,10-11H,6-8H2,1H3,(H2,23,24,25)/b22-10+. The first-order valence-electron chi connectivity index (χ1n) is 8.51. The number of hydrogen-bond acceptors (Lipinski definition) is 5. The zero-order valence-corrected chi connectivity index (χ0v) is 15.1. The Balaban J connectivity index is 1.82. The number of aliphatic imine (C=N–C) groups is 1. The van der Waals surface area contributed by atoms with Gasteiger partial charge in [-0.2, -0.15) is 5.26 Å². The number of nitriles is 1. The number of fused-ring (bicyclic) bond motifs is 2. The van der Waals surface area contributed by atoms with Gasteiger partial charge in [-0.1, -0.05) is 25.1 Å². The van der Waals surface area contributed by atoms with Crippen LogP contribution >= 0.6 is 11.3 Å². The molecule has 0 amide bonds. The van der Waals surface area contributed by atoms with Crippen molar-refractivity contribution in [2.24, 2.45) is 10.9 Å².